The molecule has 8 nitrogen and oxygen atoms in total. The lowest BCUT2D eigenvalue weighted by Gasteiger charge is -2.09. The molecule has 1 amide bonds. The summed E-state index contributed by atoms with van der Waals surface area (Å²) in [4.78, 5) is 25.6. The van der Waals surface area contributed by atoms with Crippen molar-refractivity contribution in [2.45, 2.75) is 6.92 Å². The lowest BCUT2D eigenvalue weighted by atomic mass is 10.0. The van der Waals surface area contributed by atoms with E-state index in [0.717, 1.165) is 5.56 Å². The molecule has 1 aromatic carbocycles. The van der Waals surface area contributed by atoms with Crippen molar-refractivity contribution in [2.24, 2.45) is 0 Å². The molecule has 0 fully saturated rings. The third-order valence-electron chi connectivity index (χ3n) is 5.35. The van der Waals surface area contributed by atoms with Gasteiger partial charge in [0.25, 0.3) is 5.91 Å². The largest absolute Gasteiger partial charge is 0.493 e. The maximum atomic E-state index is 14.0. The number of imidazole rings is 1. The lowest BCUT2D eigenvalue weighted by molar-refractivity contribution is 0.102. The molecule has 0 aliphatic rings. The van der Waals surface area contributed by atoms with E-state index in [1.54, 1.807) is 85.8 Å². The van der Waals surface area contributed by atoms with E-state index in [2.05, 4.69) is 20.4 Å². The summed E-state index contributed by atoms with van der Waals surface area (Å²) < 4.78 is 21.1. The lowest BCUT2D eigenvalue weighted by Crippen LogP contribution is -2.12. The molecule has 0 atom stereocenters. The molecular formula is C25H19FN6O2. The van der Waals surface area contributed by atoms with Gasteiger partial charge >= 0.3 is 0 Å². The first-order valence-electron chi connectivity index (χ1n) is 10.4. The van der Waals surface area contributed by atoms with Crippen molar-refractivity contribution in [1.82, 2.24) is 24.6 Å². The summed E-state index contributed by atoms with van der Waals surface area (Å²) in [6, 6.07) is 13.3. The highest BCUT2D eigenvalue weighted by atomic mass is 19.1. The van der Waals surface area contributed by atoms with Crippen LogP contribution in [-0.2, 0) is 0 Å². The summed E-state index contributed by atoms with van der Waals surface area (Å²) in [5.41, 5.74) is 4.16. The summed E-state index contributed by atoms with van der Waals surface area (Å²) in [7, 11) is 1.56. The second-order valence-corrected chi connectivity index (χ2v) is 7.53. The first-order chi connectivity index (χ1) is 16.5. The van der Waals surface area contributed by atoms with Gasteiger partial charge in [-0.25, -0.2) is 18.9 Å². The fourth-order valence-corrected chi connectivity index (χ4v) is 3.68. The monoisotopic (exact) mass is 454 g/mol. The van der Waals surface area contributed by atoms with E-state index in [1.807, 2.05) is 0 Å². The van der Waals surface area contributed by atoms with Gasteiger partial charge in [-0.3, -0.25) is 9.78 Å². The highest BCUT2D eigenvalue weighted by molar-refractivity contribution is 6.04. The third kappa shape index (κ3) is 3.83. The molecule has 0 aliphatic heterocycles. The van der Waals surface area contributed by atoms with Crippen molar-refractivity contribution in [2.75, 3.05) is 12.4 Å². The van der Waals surface area contributed by atoms with Crippen LogP contribution in [0.25, 0.3) is 28.2 Å². The molecule has 0 radical (unpaired) electrons. The number of anilines is 1. The first-order valence-corrected chi connectivity index (χ1v) is 10.4. The Morgan fingerprint density at radius 3 is 2.59 bits per heavy atom. The second kappa shape index (κ2) is 8.70. The van der Waals surface area contributed by atoms with Gasteiger partial charge in [0.05, 0.1) is 19.0 Å². The molecule has 0 spiro atoms. The van der Waals surface area contributed by atoms with Gasteiger partial charge in [0, 0.05) is 41.3 Å². The maximum Gasteiger partial charge on any atom is 0.256 e. The van der Waals surface area contributed by atoms with Crippen LogP contribution in [0.2, 0.25) is 0 Å². The van der Waals surface area contributed by atoms with Gasteiger partial charge in [-0.2, -0.15) is 5.10 Å². The fraction of sp³-hybridized carbons (Fsp3) is 0.0800. The van der Waals surface area contributed by atoms with Gasteiger partial charge in [-0.05, 0) is 55.0 Å². The zero-order chi connectivity index (χ0) is 23.7. The van der Waals surface area contributed by atoms with Crippen molar-refractivity contribution in [3.63, 3.8) is 0 Å². The average Bonchev–Trinajstić information content (AvgIpc) is 3.26. The van der Waals surface area contributed by atoms with Gasteiger partial charge in [-0.15, -0.1) is 0 Å². The van der Waals surface area contributed by atoms with Crippen LogP contribution in [0.15, 0.2) is 73.3 Å². The minimum Gasteiger partial charge on any atom is -0.493 e. The SMILES string of the molecule is COc1ccnn2c(-c3ccnc(NC(=O)c4ccncc4)c3)c(-c3ccc(F)c(C)c3)nc12. The number of aryl methyl sites for hydroxylation is 1. The van der Waals surface area contributed by atoms with E-state index in [1.165, 1.54) is 6.07 Å². The van der Waals surface area contributed by atoms with E-state index in [9.17, 15) is 9.18 Å². The summed E-state index contributed by atoms with van der Waals surface area (Å²) in [6.07, 6.45) is 6.31. The number of nitrogens with one attached hydrogen (secondary N) is 1. The normalized spacial score (nSPS) is 10.9. The van der Waals surface area contributed by atoms with Crippen LogP contribution in [0.1, 0.15) is 15.9 Å². The highest BCUT2D eigenvalue weighted by Gasteiger charge is 2.20. The number of nitrogens with zero attached hydrogens (tertiary/aromatic N) is 5. The molecule has 0 saturated heterocycles. The number of amides is 1. The number of carbonyl (C=O) groups is 1. The van der Waals surface area contributed by atoms with Gasteiger partial charge < -0.3 is 10.1 Å². The molecule has 0 unspecified atom stereocenters. The van der Waals surface area contributed by atoms with Crippen LogP contribution < -0.4 is 10.1 Å². The van der Waals surface area contributed by atoms with Crippen LogP contribution in [0, 0.1) is 12.7 Å². The van der Waals surface area contributed by atoms with Crippen LogP contribution in [0.4, 0.5) is 10.2 Å². The predicted molar refractivity (Wildman–Crippen MR) is 125 cm³/mol. The van der Waals surface area contributed by atoms with E-state index < -0.39 is 0 Å². The minimum atomic E-state index is -0.306. The Kier molecular flexibility index (Phi) is 5.43. The van der Waals surface area contributed by atoms with E-state index in [4.69, 9.17) is 9.72 Å². The van der Waals surface area contributed by atoms with Crippen molar-refractivity contribution >= 4 is 17.4 Å². The summed E-state index contributed by atoms with van der Waals surface area (Å²) in [6.45, 7) is 1.70. The first kappa shape index (κ1) is 21.2. The van der Waals surface area contributed by atoms with Gasteiger partial charge in [0.1, 0.15) is 17.3 Å². The zero-order valence-corrected chi connectivity index (χ0v) is 18.4. The van der Waals surface area contributed by atoms with Crippen molar-refractivity contribution in [1.29, 1.82) is 0 Å². The molecule has 1 N–H and O–H groups in total. The topological polar surface area (TPSA) is 94.3 Å². The molecule has 168 valence electrons. The second-order valence-electron chi connectivity index (χ2n) is 7.53. The number of rotatable bonds is 5. The highest BCUT2D eigenvalue weighted by Crippen LogP contribution is 2.35. The molecule has 0 saturated carbocycles. The number of pyridine rings is 2. The molecule has 0 aliphatic carbocycles. The van der Waals surface area contributed by atoms with Crippen molar-refractivity contribution in [3.8, 4) is 28.3 Å². The molecule has 9 heteroatoms. The number of fused-ring (bicyclic) bond motifs is 1. The fourth-order valence-electron chi connectivity index (χ4n) is 3.68. The van der Waals surface area contributed by atoms with Crippen LogP contribution in [0.5, 0.6) is 5.75 Å². The summed E-state index contributed by atoms with van der Waals surface area (Å²) >= 11 is 0. The Hall–Kier alpha value is -4.66. The quantitative estimate of drug-likeness (QED) is 0.418. The Morgan fingerprint density at radius 2 is 1.82 bits per heavy atom. The number of ether oxygens (including phenoxy) is 1. The number of aromatic nitrogens is 5. The Bertz CT molecular complexity index is 1520. The summed E-state index contributed by atoms with van der Waals surface area (Å²) in [5.74, 6) is 0.300. The predicted octanol–water partition coefficient (Wildman–Crippen LogP) is 4.56. The third-order valence-corrected chi connectivity index (χ3v) is 5.35. The molecule has 5 rings (SSSR count). The number of halogens is 1. The Morgan fingerprint density at radius 1 is 1.00 bits per heavy atom. The van der Waals surface area contributed by atoms with Crippen LogP contribution in [-0.4, -0.2) is 37.6 Å². The van der Waals surface area contributed by atoms with E-state index in [0.29, 0.717) is 45.3 Å². The number of benzene rings is 1. The molecule has 34 heavy (non-hydrogen) atoms. The van der Waals surface area contributed by atoms with Crippen molar-refractivity contribution < 1.29 is 13.9 Å². The number of carbonyl (C=O) groups excluding carboxylic acids is 1. The molecule has 0 bridgehead atoms. The van der Waals surface area contributed by atoms with Gasteiger partial charge in [-0.1, -0.05) is 0 Å². The average molecular weight is 454 g/mol. The van der Waals surface area contributed by atoms with Gasteiger partial charge in [0.15, 0.2) is 11.4 Å². The molecular weight excluding hydrogens is 435 g/mol. The van der Waals surface area contributed by atoms with Crippen LogP contribution >= 0.6 is 0 Å². The number of hydrogen-bond acceptors (Lipinski definition) is 6. The molecule has 4 heterocycles. The van der Waals surface area contributed by atoms with Crippen molar-refractivity contribution in [3.05, 3.63) is 90.3 Å². The minimum absolute atomic E-state index is 0.296. The van der Waals surface area contributed by atoms with E-state index >= 15 is 0 Å². The number of hydrogen-bond donors (Lipinski definition) is 1. The standard InChI is InChI=1S/C25H19FN6O2/c1-15-13-17(3-4-19(15)26)22-23(32-24(31-22)20(34-2)8-12-29-32)18-7-11-28-21(14-18)30-25(33)16-5-9-27-10-6-16/h3-14H,1-2H3,(H,28,30,33). The maximum absolute atomic E-state index is 14.0. The molecule has 5 aromatic rings. The molecule has 4 aromatic heterocycles. The summed E-state index contributed by atoms with van der Waals surface area (Å²) in [5, 5.41) is 7.28. The van der Waals surface area contributed by atoms with Gasteiger partial charge in [0.2, 0.25) is 0 Å². The number of methoxy groups -OCH3 is 1. The smallest absolute Gasteiger partial charge is 0.256 e. The van der Waals surface area contributed by atoms with E-state index in [-0.39, 0.29) is 11.7 Å². The zero-order valence-electron chi connectivity index (χ0n) is 18.4. The Balaban J connectivity index is 1.65. The van der Waals surface area contributed by atoms with Crippen LogP contribution in [0.3, 0.4) is 0 Å². The Labute approximate surface area is 194 Å².